The van der Waals surface area contributed by atoms with Crippen LogP contribution < -0.4 is 0 Å². The molecule has 1 unspecified atom stereocenters. The van der Waals surface area contributed by atoms with Crippen molar-refractivity contribution in [2.75, 3.05) is 7.11 Å². The quantitative estimate of drug-likeness (QED) is 0.329. The van der Waals surface area contributed by atoms with Crippen LogP contribution in [0.25, 0.3) is 10.2 Å². The number of amides is 1. The fourth-order valence-electron chi connectivity index (χ4n) is 2.44. The lowest BCUT2D eigenvalue weighted by molar-refractivity contribution is -0.157. The first-order valence-electron chi connectivity index (χ1n) is 7.24. The molecule has 0 radical (unpaired) electrons. The van der Waals surface area contributed by atoms with E-state index in [2.05, 4.69) is 11.6 Å². The Morgan fingerprint density at radius 1 is 1.50 bits per heavy atom. The minimum absolute atomic E-state index is 0.0594. The maximum atomic E-state index is 12.0. The van der Waals surface area contributed by atoms with Gasteiger partial charge in [-0.05, 0) is 35.4 Å². The molecule has 1 aromatic heterocycles. The highest BCUT2D eigenvalue weighted by Crippen LogP contribution is 2.45. The summed E-state index contributed by atoms with van der Waals surface area (Å²) in [5.41, 5.74) is 1.58. The number of benzene rings is 1. The van der Waals surface area contributed by atoms with Crippen molar-refractivity contribution in [3.63, 3.8) is 0 Å². The molecule has 2 heterocycles. The van der Waals surface area contributed by atoms with E-state index in [4.69, 9.17) is 4.74 Å². The Balaban J connectivity index is 1.69. The fourth-order valence-corrected chi connectivity index (χ4v) is 6.25. The van der Waals surface area contributed by atoms with Crippen LogP contribution in [0.1, 0.15) is 13.3 Å². The smallest absolute Gasteiger partial charge is 0.332 e. The molecule has 3 rings (SSSR count). The number of likely N-dealkylation sites (tertiary alicyclic amines) is 1. The molecular weight excluding hydrogens is 364 g/mol. The summed E-state index contributed by atoms with van der Waals surface area (Å²) in [6, 6.07) is 7.25. The molecule has 1 amide bonds. The second kappa shape index (κ2) is 7.16. The highest BCUT2D eigenvalue weighted by molar-refractivity contribution is 8.77. The minimum Gasteiger partial charge on any atom is -0.467 e. The van der Waals surface area contributed by atoms with Crippen LogP contribution in [0.5, 0.6) is 0 Å². The number of fused-ring (bicyclic) bond motifs is 1. The lowest BCUT2D eigenvalue weighted by Gasteiger charge is -2.43. The predicted molar refractivity (Wildman–Crippen MR) is 98.9 cm³/mol. The van der Waals surface area contributed by atoms with E-state index in [0.717, 1.165) is 14.6 Å². The topological polar surface area (TPSA) is 59.5 Å². The average Bonchev–Trinajstić information content (AvgIpc) is 2.97. The van der Waals surface area contributed by atoms with Gasteiger partial charge in [0.1, 0.15) is 0 Å². The van der Waals surface area contributed by atoms with Crippen molar-refractivity contribution >= 4 is 55.0 Å². The van der Waals surface area contributed by atoms with Crippen molar-refractivity contribution in [1.82, 2.24) is 9.88 Å². The van der Waals surface area contributed by atoms with Gasteiger partial charge in [-0.3, -0.25) is 4.79 Å². The number of para-hydroxylation sites is 1. The van der Waals surface area contributed by atoms with Gasteiger partial charge in [-0.2, -0.15) is 0 Å². The molecule has 5 nitrogen and oxygen atoms in total. The molecule has 2 atom stereocenters. The van der Waals surface area contributed by atoms with Crippen LogP contribution in [-0.2, 0) is 14.3 Å². The summed E-state index contributed by atoms with van der Waals surface area (Å²) in [7, 11) is 4.39. The van der Waals surface area contributed by atoms with E-state index in [0.29, 0.717) is 12.0 Å². The Hall–Kier alpha value is -1.51. The van der Waals surface area contributed by atoms with E-state index in [1.807, 2.05) is 24.3 Å². The van der Waals surface area contributed by atoms with Gasteiger partial charge in [-0.25, -0.2) is 9.78 Å². The third-order valence-electron chi connectivity index (χ3n) is 3.62. The molecule has 8 heteroatoms. The van der Waals surface area contributed by atoms with Crippen LogP contribution in [0.15, 0.2) is 40.8 Å². The van der Waals surface area contributed by atoms with Gasteiger partial charge in [-0.15, -0.1) is 11.3 Å². The Morgan fingerprint density at radius 2 is 2.25 bits per heavy atom. The molecule has 1 aromatic carbocycles. The maximum Gasteiger partial charge on any atom is 0.332 e. The van der Waals surface area contributed by atoms with Crippen molar-refractivity contribution in [2.45, 2.75) is 29.1 Å². The number of carbonyl (C=O) groups is 2. The number of ether oxygens (including phenoxy) is 1. The van der Waals surface area contributed by atoms with Gasteiger partial charge in [0, 0.05) is 0 Å². The number of rotatable bonds is 6. The van der Waals surface area contributed by atoms with Crippen molar-refractivity contribution in [3.8, 4) is 0 Å². The average molecular weight is 381 g/mol. The zero-order chi connectivity index (χ0) is 17.3. The van der Waals surface area contributed by atoms with Crippen LogP contribution in [0.2, 0.25) is 0 Å². The van der Waals surface area contributed by atoms with E-state index in [1.54, 1.807) is 23.2 Å². The summed E-state index contributed by atoms with van der Waals surface area (Å²) >= 11 is 1.62. The van der Waals surface area contributed by atoms with Crippen LogP contribution in [0, 0.1) is 0 Å². The van der Waals surface area contributed by atoms with Crippen LogP contribution in [-0.4, -0.2) is 40.3 Å². The third kappa shape index (κ3) is 3.31. The van der Waals surface area contributed by atoms with Crippen molar-refractivity contribution in [1.29, 1.82) is 0 Å². The van der Waals surface area contributed by atoms with Crippen molar-refractivity contribution < 1.29 is 14.3 Å². The number of thiazole rings is 1. The summed E-state index contributed by atoms with van der Waals surface area (Å²) in [5, 5.41) is -0.0877. The number of hydrogen-bond acceptors (Lipinski definition) is 7. The van der Waals surface area contributed by atoms with Crippen LogP contribution in [0.3, 0.4) is 0 Å². The number of methoxy groups -OCH3 is 1. The number of aromatic nitrogens is 1. The molecule has 1 aliphatic heterocycles. The number of hydrogen-bond donors (Lipinski definition) is 0. The van der Waals surface area contributed by atoms with E-state index in [1.165, 1.54) is 28.7 Å². The maximum absolute atomic E-state index is 12.0. The summed E-state index contributed by atoms with van der Waals surface area (Å²) in [6.07, 6.45) is 0.406. The molecule has 2 aromatic rings. The molecule has 1 aliphatic rings. The third-order valence-corrected chi connectivity index (χ3v) is 7.64. The zero-order valence-corrected chi connectivity index (χ0v) is 15.7. The first kappa shape index (κ1) is 17.3. The Labute approximate surface area is 151 Å². The largest absolute Gasteiger partial charge is 0.467 e. The van der Waals surface area contributed by atoms with Gasteiger partial charge in [0.15, 0.2) is 10.4 Å². The van der Waals surface area contributed by atoms with Crippen molar-refractivity contribution in [2.24, 2.45) is 0 Å². The molecular formula is C16H16N2O3S3. The van der Waals surface area contributed by atoms with E-state index >= 15 is 0 Å². The molecule has 126 valence electrons. The van der Waals surface area contributed by atoms with Crippen molar-refractivity contribution in [3.05, 3.63) is 36.4 Å². The first-order valence-corrected chi connectivity index (χ1v) is 10.3. The lowest BCUT2D eigenvalue weighted by atomic mass is 10.0. The molecule has 0 N–H and O–H groups in total. The van der Waals surface area contributed by atoms with Gasteiger partial charge in [0.05, 0.1) is 29.1 Å². The zero-order valence-electron chi connectivity index (χ0n) is 13.2. The Bertz CT molecular complexity index is 772. The van der Waals surface area contributed by atoms with Gasteiger partial charge in [0.2, 0.25) is 5.91 Å². The van der Waals surface area contributed by atoms with E-state index < -0.39 is 12.0 Å². The number of nitrogens with zero attached hydrogens (tertiary/aromatic N) is 2. The van der Waals surface area contributed by atoms with Gasteiger partial charge in [0.25, 0.3) is 0 Å². The van der Waals surface area contributed by atoms with Gasteiger partial charge in [-0.1, -0.05) is 29.5 Å². The molecule has 1 saturated heterocycles. The molecule has 1 fully saturated rings. The summed E-state index contributed by atoms with van der Waals surface area (Å²) in [5.74, 6) is -0.512. The molecule has 0 bridgehead atoms. The second-order valence-electron chi connectivity index (χ2n) is 5.36. The summed E-state index contributed by atoms with van der Waals surface area (Å²) < 4.78 is 6.88. The normalized spacial score (nSPS) is 18.3. The minimum atomic E-state index is -0.718. The number of carbonyl (C=O) groups excluding carboxylic acids is 2. The van der Waals surface area contributed by atoms with Gasteiger partial charge < -0.3 is 9.64 Å². The summed E-state index contributed by atoms with van der Waals surface area (Å²) in [4.78, 5) is 30.1. The number of β-lactam (4-membered cyclic amide) rings is 1. The first-order chi connectivity index (χ1) is 11.5. The SMILES string of the molecule is C=C(C)C(C(=O)OC)N1C(=O)C[C@H]1SSc1nc2ccccc2s1. The fraction of sp³-hybridized carbons (Fsp3) is 0.312. The monoisotopic (exact) mass is 380 g/mol. The van der Waals surface area contributed by atoms with E-state index in [-0.39, 0.29) is 11.3 Å². The molecule has 0 saturated carbocycles. The van der Waals surface area contributed by atoms with Gasteiger partial charge >= 0.3 is 5.97 Å². The Morgan fingerprint density at radius 3 is 2.88 bits per heavy atom. The standard InChI is InChI=1S/C16H16N2O3S3/c1-9(2)14(15(20)21-3)18-12(19)8-13(18)23-24-16-17-10-6-4-5-7-11(10)22-16/h4-7,13-14H,1,8H2,2-3H3/t13-,14?/m1/s1. The Kier molecular flexibility index (Phi) is 5.17. The summed E-state index contributed by atoms with van der Waals surface area (Å²) in [6.45, 7) is 5.55. The van der Waals surface area contributed by atoms with E-state index in [9.17, 15) is 9.59 Å². The highest BCUT2D eigenvalue weighted by atomic mass is 33.1. The van der Waals surface area contributed by atoms with Crippen LogP contribution in [0.4, 0.5) is 0 Å². The number of esters is 1. The highest BCUT2D eigenvalue weighted by Gasteiger charge is 2.45. The lowest BCUT2D eigenvalue weighted by Crippen LogP contribution is -2.58. The second-order valence-corrected chi connectivity index (χ2v) is 9.02. The molecule has 0 aliphatic carbocycles. The molecule has 24 heavy (non-hydrogen) atoms. The predicted octanol–water partition coefficient (Wildman–Crippen LogP) is 3.71. The van der Waals surface area contributed by atoms with Crippen LogP contribution >= 0.6 is 32.9 Å². The molecule has 0 spiro atoms.